The van der Waals surface area contributed by atoms with Crippen LogP contribution in [0.4, 0.5) is 0 Å². The normalized spacial score (nSPS) is 43.4. The minimum Gasteiger partial charge on any atom is -0.390 e. The zero-order valence-electron chi connectivity index (χ0n) is 9.69. The summed E-state index contributed by atoms with van der Waals surface area (Å²) in [7, 11) is 0. The molecule has 2 heterocycles. The van der Waals surface area contributed by atoms with Crippen LogP contribution in [-0.2, 0) is 9.47 Å². The monoisotopic (exact) mass is 214 g/mol. The molecular weight excluding hydrogens is 192 g/mol. The van der Waals surface area contributed by atoms with Crippen LogP contribution < -0.4 is 0 Å². The molecule has 0 radical (unpaired) electrons. The van der Waals surface area contributed by atoms with Crippen molar-refractivity contribution in [3.63, 3.8) is 0 Å². The first-order valence-electron chi connectivity index (χ1n) is 6.19. The van der Waals surface area contributed by atoms with Gasteiger partial charge in [-0.25, -0.2) is 0 Å². The van der Waals surface area contributed by atoms with Crippen LogP contribution in [0.25, 0.3) is 0 Å². The standard InChI is InChI=1S/C12H22O3/c1-3-9(13)10-6-7-12(15-10)11-5-4-8(2)14-11/h8-13H,3-7H2,1-2H3/t8-,9?,10?,11+,12?/m0/s1. The van der Waals surface area contributed by atoms with Crippen molar-refractivity contribution in [3.8, 4) is 0 Å². The van der Waals surface area contributed by atoms with E-state index in [-0.39, 0.29) is 24.4 Å². The van der Waals surface area contributed by atoms with E-state index in [4.69, 9.17) is 9.47 Å². The van der Waals surface area contributed by atoms with E-state index in [0.29, 0.717) is 6.10 Å². The van der Waals surface area contributed by atoms with Crippen LogP contribution in [0.3, 0.4) is 0 Å². The molecule has 2 aliphatic heterocycles. The number of rotatable bonds is 3. The minimum atomic E-state index is -0.297. The molecule has 0 aromatic heterocycles. The maximum Gasteiger partial charge on any atom is 0.0842 e. The van der Waals surface area contributed by atoms with Gasteiger partial charge in [0.1, 0.15) is 0 Å². The molecule has 3 nitrogen and oxygen atoms in total. The topological polar surface area (TPSA) is 38.7 Å². The second kappa shape index (κ2) is 4.81. The Balaban J connectivity index is 1.82. The quantitative estimate of drug-likeness (QED) is 0.779. The molecule has 3 unspecified atom stereocenters. The van der Waals surface area contributed by atoms with Gasteiger partial charge in [-0.3, -0.25) is 0 Å². The van der Waals surface area contributed by atoms with E-state index in [0.717, 1.165) is 32.1 Å². The lowest BCUT2D eigenvalue weighted by molar-refractivity contribution is -0.0899. The smallest absolute Gasteiger partial charge is 0.0842 e. The SMILES string of the molecule is CCC(O)C1CCC([C@H]2CC[C@H](C)O2)O1. The fourth-order valence-corrected chi connectivity index (χ4v) is 2.62. The Kier molecular flexibility index (Phi) is 3.65. The van der Waals surface area contributed by atoms with E-state index in [2.05, 4.69) is 6.92 Å². The molecule has 0 amide bonds. The Hall–Kier alpha value is -0.120. The molecule has 0 bridgehead atoms. The first-order chi connectivity index (χ1) is 7.20. The van der Waals surface area contributed by atoms with Crippen molar-refractivity contribution in [1.82, 2.24) is 0 Å². The van der Waals surface area contributed by atoms with Gasteiger partial charge < -0.3 is 14.6 Å². The predicted octanol–water partition coefficient (Wildman–Crippen LogP) is 1.87. The highest BCUT2D eigenvalue weighted by Gasteiger charge is 2.37. The molecule has 0 aromatic rings. The van der Waals surface area contributed by atoms with Gasteiger partial charge in [0, 0.05) is 0 Å². The number of ether oxygens (including phenoxy) is 2. The van der Waals surface area contributed by atoms with Crippen LogP contribution in [0, 0.1) is 0 Å². The van der Waals surface area contributed by atoms with E-state index >= 15 is 0 Å². The van der Waals surface area contributed by atoms with E-state index < -0.39 is 0 Å². The second-order valence-corrected chi connectivity index (χ2v) is 4.83. The molecule has 3 heteroatoms. The molecule has 1 N–H and O–H groups in total. The third-order valence-electron chi connectivity index (χ3n) is 3.61. The average Bonchev–Trinajstić information content (AvgIpc) is 2.84. The number of aliphatic hydroxyl groups is 1. The molecule has 5 atom stereocenters. The van der Waals surface area contributed by atoms with E-state index in [1.165, 1.54) is 0 Å². The second-order valence-electron chi connectivity index (χ2n) is 4.83. The molecule has 15 heavy (non-hydrogen) atoms. The van der Waals surface area contributed by atoms with E-state index in [9.17, 15) is 5.11 Å². The van der Waals surface area contributed by atoms with Crippen LogP contribution in [0.1, 0.15) is 46.0 Å². The average molecular weight is 214 g/mol. The van der Waals surface area contributed by atoms with Crippen LogP contribution in [0.2, 0.25) is 0 Å². The molecule has 0 aromatic carbocycles. The Bertz CT molecular complexity index is 207. The maximum absolute atomic E-state index is 9.70. The fourth-order valence-electron chi connectivity index (χ4n) is 2.62. The summed E-state index contributed by atoms with van der Waals surface area (Å²) in [5.74, 6) is 0. The maximum atomic E-state index is 9.70. The van der Waals surface area contributed by atoms with Crippen molar-refractivity contribution in [2.24, 2.45) is 0 Å². The molecule has 2 fully saturated rings. The summed E-state index contributed by atoms with van der Waals surface area (Å²) >= 11 is 0. The van der Waals surface area contributed by atoms with Gasteiger partial charge in [0.15, 0.2) is 0 Å². The highest BCUT2D eigenvalue weighted by Crippen LogP contribution is 2.32. The zero-order chi connectivity index (χ0) is 10.8. The third-order valence-corrected chi connectivity index (χ3v) is 3.61. The highest BCUT2D eigenvalue weighted by molar-refractivity contribution is 4.86. The lowest BCUT2D eigenvalue weighted by atomic mass is 10.0. The van der Waals surface area contributed by atoms with E-state index in [1.54, 1.807) is 0 Å². The minimum absolute atomic E-state index is 0.0412. The summed E-state index contributed by atoms with van der Waals surface area (Å²) in [5.41, 5.74) is 0. The first-order valence-corrected chi connectivity index (χ1v) is 6.19. The Morgan fingerprint density at radius 1 is 1.13 bits per heavy atom. The highest BCUT2D eigenvalue weighted by atomic mass is 16.6. The third kappa shape index (κ3) is 2.52. The lowest BCUT2D eigenvalue weighted by Gasteiger charge is -2.21. The molecule has 0 saturated carbocycles. The lowest BCUT2D eigenvalue weighted by Crippen LogP contribution is -2.30. The Labute approximate surface area is 91.8 Å². The van der Waals surface area contributed by atoms with Gasteiger partial charge in [0.2, 0.25) is 0 Å². The summed E-state index contributed by atoms with van der Waals surface area (Å²) in [5, 5.41) is 9.70. The fraction of sp³-hybridized carbons (Fsp3) is 1.00. The molecule has 2 saturated heterocycles. The van der Waals surface area contributed by atoms with E-state index in [1.807, 2.05) is 6.92 Å². The van der Waals surface area contributed by atoms with Gasteiger partial charge in [-0.15, -0.1) is 0 Å². The van der Waals surface area contributed by atoms with Gasteiger partial charge in [0.25, 0.3) is 0 Å². The molecule has 2 aliphatic rings. The van der Waals surface area contributed by atoms with Crippen molar-refractivity contribution >= 4 is 0 Å². The van der Waals surface area contributed by atoms with Crippen LogP contribution in [-0.4, -0.2) is 35.6 Å². The Morgan fingerprint density at radius 3 is 2.40 bits per heavy atom. The number of hydrogen-bond acceptors (Lipinski definition) is 3. The predicted molar refractivity (Wildman–Crippen MR) is 57.8 cm³/mol. The summed E-state index contributed by atoms with van der Waals surface area (Å²) < 4.78 is 11.7. The van der Waals surface area contributed by atoms with Crippen molar-refractivity contribution in [1.29, 1.82) is 0 Å². The Morgan fingerprint density at radius 2 is 1.80 bits per heavy atom. The van der Waals surface area contributed by atoms with Crippen molar-refractivity contribution in [2.45, 2.75) is 76.5 Å². The van der Waals surface area contributed by atoms with Crippen molar-refractivity contribution in [3.05, 3.63) is 0 Å². The summed E-state index contributed by atoms with van der Waals surface area (Å²) in [6, 6.07) is 0. The number of aliphatic hydroxyl groups excluding tert-OH is 1. The van der Waals surface area contributed by atoms with Gasteiger partial charge in [0.05, 0.1) is 30.5 Å². The molecule has 2 rings (SSSR count). The van der Waals surface area contributed by atoms with Crippen molar-refractivity contribution < 1.29 is 14.6 Å². The summed E-state index contributed by atoms with van der Waals surface area (Å²) in [4.78, 5) is 0. The van der Waals surface area contributed by atoms with Gasteiger partial charge in [-0.1, -0.05) is 6.92 Å². The van der Waals surface area contributed by atoms with Crippen LogP contribution in [0.5, 0.6) is 0 Å². The van der Waals surface area contributed by atoms with Crippen LogP contribution in [0.15, 0.2) is 0 Å². The zero-order valence-corrected chi connectivity index (χ0v) is 9.69. The molecule has 0 spiro atoms. The first kappa shape index (κ1) is 11.4. The summed E-state index contributed by atoms with van der Waals surface area (Å²) in [6.07, 6.45) is 5.68. The van der Waals surface area contributed by atoms with Crippen LogP contribution >= 0.6 is 0 Å². The van der Waals surface area contributed by atoms with Gasteiger partial charge in [-0.05, 0) is 39.0 Å². The molecule has 0 aliphatic carbocycles. The van der Waals surface area contributed by atoms with Crippen molar-refractivity contribution in [2.75, 3.05) is 0 Å². The molecule has 88 valence electrons. The van der Waals surface area contributed by atoms with Gasteiger partial charge in [-0.2, -0.15) is 0 Å². The summed E-state index contributed by atoms with van der Waals surface area (Å²) in [6.45, 7) is 4.11. The van der Waals surface area contributed by atoms with Gasteiger partial charge >= 0.3 is 0 Å². The number of hydrogen-bond donors (Lipinski definition) is 1. The molecular formula is C12H22O3. The largest absolute Gasteiger partial charge is 0.390 e.